The highest BCUT2D eigenvalue weighted by molar-refractivity contribution is 6.08. The Kier molecular flexibility index (Phi) is 5.94. The molecule has 1 amide bonds. The standard InChI is InChI=1S/C23H23NO4/c1-15-19(12-16-6-3-2-4-7-16)18-10-9-17(28-11-5-8-23(26)27)13-21(18)20(15)14-22(24)25/h2-4,6-7,9-10,12-13H,5,8,11,14H2,1H3,(H2,24,25)(H,26,27). The Balaban J connectivity index is 1.93. The first-order chi connectivity index (χ1) is 13.5. The molecule has 0 bridgehead atoms. The van der Waals surface area contributed by atoms with E-state index in [9.17, 15) is 9.59 Å². The Hall–Kier alpha value is -3.34. The Bertz CT molecular complexity index is 958. The van der Waals surface area contributed by atoms with E-state index in [4.69, 9.17) is 15.6 Å². The van der Waals surface area contributed by atoms with Crippen molar-refractivity contribution < 1.29 is 19.4 Å². The summed E-state index contributed by atoms with van der Waals surface area (Å²) in [7, 11) is 0. The summed E-state index contributed by atoms with van der Waals surface area (Å²) in [6.07, 6.45) is 2.78. The molecule has 3 rings (SSSR count). The molecule has 2 aromatic carbocycles. The van der Waals surface area contributed by atoms with Gasteiger partial charge in [0.15, 0.2) is 0 Å². The number of carbonyl (C=O) groups excluding carboxylic acids is 1. The maximum Gasteiger partial charge on any atom is 0.303 e. The van der Waals surface area contributed by atoms with Crippen molar-refractivity contribution in [3.8, 4) is 5.75 Å². The first kappa shape index (κ1) is 19.4. The molecule has 0 radical (unpaired) electrons. The van der Waals surface area contributed by atoms with Crippen LogP contribution in [0.15, 0.2) is 54.1 Å². The number of ether oxygens (including phenoxy) is 1. The Morgan fingerprint density at radius 2 is 1.86 bits per heavy atom. The van der Waals surface area contributed by atoms with Gasteiger partial charge in [0.05, 0.1) is 13.0 Å². The van der Waals surface area contributed by atoms with Crippen molar-refractivity contribution in [2.45, 2.75) is 26.2 Å². The number of nitrogens with two attached hydrogens (primary N) is 1. The van der Waals surface area contributed by atoms with Gasteiger partial charge in [0, 0.05) is 6.42 Å². The molecule has 1 aliphatic rings. The maximum atomic E-state index is 11.6. The second-order valence-corrected chi connectivity index (χ2v) is 6.77. The largest absolute Gasteiger partial charge is 0.494 e. The Morgan fingerprint density at radius 1 is 1.11 bits per heavy atom. The third-order valence-corrected chi connectivity index (χ3v) is 4.73. The van der Waals surface area contributed by atoms with Gasteiger partial charge in [0.25, 0.3) is 0 Å². The van der Waals surface area contributed by atoms with Crippen molar-refractivity contribution in [3.05, 3.63) is 70.8 Å². The third-order valence-electron chi connectivity index (χ3n) is 4.73. The lowest BCUT2D eigenvalue weighted by Gasteiger charge is -2.10. The van der Waals surface area contributed by atoms with E-state index < -0.39 is 5.97 Å². The van der Waals surface area contributed by atoms with Gasteiger partial charge in [-0.1, -0.05) is 36.4 Å². The number of primary amides is 1. The predicted molar refractivity (Wildman–Crippen MR) is 110 cm³/mol. The van der Waals surface area contributed by atoms with Crippen LogP contribution in [0.5, 0.6) is 5.75 Å². The van der Waals surface area contributed by atoms with Gasteiger partial charge < -0.3 is 15.6 Å². The van der Waals surface area contributed by atoms with Gasteiger partial charge in [0.1, 0.15) is 5.75 Å². The zero-order valence-corrected chi connectivity index (χ0v) is 15.8. The van der Waals surface area contributed by atoms with Crippen LogP contribution < -0.4 is 10.5 Å². The van der Waals surface area contributed by atoms with Gasteiger partial charge in [-0.25, -0.2) is 0 Å². The quantitative estimate of drug-likeness (QED) is 0.677. The maximum absolute atomic E-state index is 11.6. The molecule has 0 aromatic heterocycles. The van der Waals surface area contributed by atoms with Crippen molar-refractivity contribution in [2.24, 2.45) is 5.73 Å². The van der Waals surface area contributed by atoms with E-state index in [1.54, 1.807) is 0 Å². The van der Waals surface area contributed by atoms with Crippen LogP contribution in [-0.4, -0.2) is 23.6 Å². The van der Waals surface area contributed by atoms with Crippen LogP contribution in [0.3, 0.4) is 0 Å². The van der Waals surface area contributed by atoms with E-state index in [2.05, 4.69) is 6.08 Å². The molecule has 0 unspecified atom stereocenters. The lowest BCUT2D eigenvalue weighted by atomic mass is 10.0. The van der Waals surface area contributed by atoms with Crippen molar-refractivity contribution in [1.29, 1.82) is 0 Å². The number of rotatable bonds is 8. The number of hydrogen-bond acceptors (Lipinski definition) is 3. The number of amides is 1. The highest BCUT2D eigenvalue weighted by Crippen LogP contribution is 2.44. The van der Waals surface area contributed by atoms with Crippen molar-refractivity contribution in [3.63, 3.8) is 0 Å². The number of hydrogen-bond donors (Lipinski definition) is 2. The molecule has 28 heavy (non-hydrogen) atoms. The fourth-order valence-electron chi connectivity index (χ4n) is 3.38. The highest BCUT2D eigenvalue weighted by Gasteiger charge is 2.25. The molecule has 1 aliphatic carbocycles. The third kappa shape index (κ3) is 4.49. The number of carbonyl (C=O) groups is 2. The molecule has 5 nitrogen and oxygen atoms in total. The lowest BCUT2D eigenvalue weighted by Crippen LogP contribution is -2.10. The minimum atomic E-state index is -0.837. The Morgan fingerprint density at radius 3 is 2.54 bits per heavy atom. The van der Waals surface area contributed by atoms with Gasteiger partial charge in [0.2, 0.25) is 5.91 Å². The van der Waals surface area contributed by atoms with Crippen molar-refractivity contribution in [2.75, 3.05) is 6.61 Å². The monoisotopic (exact) mass is 377 g/mol. The molecule has 0 heterocycles. The van der Waals surface area contributed by atoms with E-state index in [-0.39, 0.29) is 18.7 Å². The zero-order chi connectivity index (χ0) is 20.1. The summed E-state index contributed by atoms with van der Waals surface area (Å²) in [4.78, 5) is 22.2. The fourth-order valence-corrected chi connectivity index (χ4v) is 3.38. The molecule has 144 valence electrons. The molecule has 0 spiro atoms. The molecule has 3 N–H and O–H groups in total. The molecule has 0 atom stereocenters. The van der Waals surface area contributed by atoms with Crippen molar-refractivity contribution in [1.82, 2.24) is 0 Å². The first-order valence-corrected chi connectivity index (χ1v) is 9.20. The minimum absolute atomic E-state index is 0.0703. The van der Waals surface area contributed by atoms with Gasteiger partial charge >= 0.3 is 5.97 Å². The first-order valence-electron chi connectivity index (χ1n) is 9.20. The van der Waals surface area contributed by atoms with E-state index in [1.807, 2.05) is 55.5 Å². The highest BCUT2D eigenvalue weighted by atomic mass is 16.5. The minimum Gasteiger partial charge on any atom is -0.494 e. The number of fused-ring (bicyclic) bond motifs is 1. The molecular weight excluding hydrogens is 354 g/mol. The van der Waals surface area contributed by atoms with Crippen LogP contribution in [0.2, 0.25) is 0 Å². The van der Waals surface area contributed by atoms with Gasteiger partial charge in [-0.3, -0.25) is 9.59 Å². The predicted octanol–water partition coefficient (Wildman–Crippen LogP) is 4.13. The molecule has 0 saturated carbocycles. The smallest absolute Gasteiger partial charge is 0.303 e. The summed E-state index contributed by atoms with van der Waals surface area (Å²) >= 11 is 0. The topological polar surface area (TPSA) is 89.6 Å². The molecule has 0 saturated heterocycles. The molecule has 0 fully saturated rings. The van der Waals surface area contributed by atoms with E-state index in [0.717, 1.165) is 33.4 Å². The summed E-state index contributed by atoms with van der Waals surface area (Å²) in [6.45, 7) is 2.33. The molecule has 2 aromatic rings. The normalized spacial score (nSPS) is 14.2. The number of benzene rings is 2. The SMILES string of the molecule is CC1=C(CC(N)=O)c2cc(OCCCC(=O)O)ccc2C1=Cc1ccccc1. The van der Waals surface area contributed by atoms with Crippen LogP contribution in [0, 0.1) is 0 Å². The number of carboxylic acids is 1. The average Bonchev–Trinajstić information content (AvgIpc) is 2.91. The van der Waals surface area contributed by atoms with Crippen LogP contribution in [0.4, 0.5) is 0 Å². The molecular formula is C23H23NO4. The van der Waals surface area contributed by atoms with Gasteiger partial charge in [-0.15, -0.1) is 0 Å². The van der Waals surface area contributed by atoms with Crippen LogP contribution in [0.1, 0.15) is 42.9 Å². The summed E-state index contributed by atoms with van der Waals surface area (Å²) in [5.41, 5.74) is 11.5. The number of carboxylic acid groups (broad SMARTS) is 1. The number of allylic oxidation sites excluding steroid dienone is 2. The number of aliphatic carboxylic acids is 1. The lowest BCUT2D eigenvalue weighted by molar-refractivity contribution is -0.137. The average molecular weight is 377 g/mol. The van der Waals surface area contributed by atoms with Crippen molar-refractivity contribution >= 4 is 29.1 Å². The Labute approximate surface area is 164 Å². The van der Waals surface area contributed by atoms with E-state index in [0.29, 0.717) is 18.8 Å². The summed E-state index contributed by atoms with van der Waals surface area (Å²) in [5, 5.41) is 8.72. The van der Waals surface area contributed by atoms with Gasteiger partial charge in [-0.2, -0.15) is 0 Å². The second kappa shape index (κ2) is 8.57. The fraction of sp³-hybridized carbons (Fsp3) is 0.217. The second-order valence-electron chi connectivity index (χ2n) is 6.77. The van der Waals surface area contributed by atoms with Crippen LogP contribution in [-0.2, 0) is 9.59 Å². The molecule has 0 aliphatic heterocycles. The van der Waals surface area contributed by atoms with Crippen LogP contribution >= 0.6 is 0 Å². The van der Waals surface area contributed by atoms with E-state index in [1.165, 1.54) is 0 Å². The van der Waals surface area contributed by atoms with Gasteiger partial charge in [-0.05, 0) is 65.0 Å². The van der Waals surface area contributed by atoms with E-state index >= 15 is 0 Å². The summed E-state index contributed by atoms with van der Waals surface area (Å²) < 4.78 is 5.70. The zero-order valence-electron chi connectivity index (χ0n) is 15.8. The molecule has 5 heteroatoms. The van der Waals surface area contributed by atoms with Crippen LogP contribution in [0.25, 0.3) is 17.2 Å². The summed E-state index contributed by atoms with van der Waals surface area (Å²) in [5.74, 6) is -0.565. The summed E-state index contributed by atoms with van der Waals surface area (Å²) in [6, 6.07) is 15.8.